The second-order valence-electron chi connectivity index (χ2n) is 6.87. The molecule has 1 heterocycles. The first-order valence-corrected chi connectivity index (χ1v) is 11.0. The maximum Gasteiger partial charge on any atom is 0.265 e. The van der Waals surface area contributed by atoms with E-state index in [0.29, 0.717) is 22.7 Å². The molecular weight excluding hydrogens is 394 g/mol. The Morgan fingerprint density at radius 2 is 1.70 bits per heavy atom. The molecular formula is C24H27N3O2S. The molecule has 6 heteroatoms. The smallest absolute Gasteiger partial charge is 0.265 e. The number of rotatable bonds is 9. The van der Waals surface area contributed by atoms with E-state index in [-0.39, 0.29) is 17.9 Å². The molecule has 0 aliphatic carbocycles. The number of benzene rings is 2. The van der Waals surface area contributed by atoms with Crippen LogP contribution >= 0.6 is 11.3 Å². The van der Waals surface area contributed by atoms with E-state index in [4.69, 9.17) is 0 Å². The van der Waals surface area contributed by atoms with Gasteiger partial charge in [-0.3, -0.25) is 14.5 Å². The molecule has 5 nitrogen and oxygen atoms in total. The van der Waals surface area contributed by atoms with Gasteiger partial charge in [-0.05, 0) is 48.3 Å². The standard InChI is InChI=1S/C24H27N3O2S/c1-3-27(4-2)21(18-10-6-5-7-11-18)17-25-23(28)19-12-8-13-20(16-19)26-24(29)22-14-9-15-30-22/h5-16,21H,3-4,17H2,1-2H3,(H,25,28)(H,26,29). The number of carbonyl (C=O) groups excluding carboxylic acids is 2. The van der Waals surface area contributed by atoms with Crippen LogP contribution in [0.15, 0.2) is 72.1 Å². The minimum absolute atomic E-state index is 0.104. The van der Waals surface area contributed by atoms with Crippen LogP contribution in [0.4, 0.5) is 5.69 Å². The van der Waals surface area contributed by atoms with Gasteiger partial charge >= 0.3 is 0 Å². The quantitative estimate of drug-likeness (QED) is 0.521. The Labute approximate surface area is 181 Å². The van der Waals surface area contributed by atoms with Crippen molar-refractivity contribution < 1.29 is 9.59 Å². The molecule has 0 spiro atoms. The van der Waals surface area contributed by atoms with Gasteiger partial charge in [-0.15, -0.1) is 11.3 Å². The second kappa shape index (κ2) is 10.7. The first kappa shape index (κ1) is 21.7. The molecule has 3 aromatic rings. The summed E-state index contributed by atoms with van der Waals surface area (Å²) in [4.78, 5) is 28.0. The number of anilines is 1. The number of amides is 2. The summed E-state index contributed by atoms with van der Waals surface area (Å²) in [6.07, 6.45) is 0. The largest absolute Gasteiger partial charge is 0.350 e. The fraction of sp³-hybridized carbons (Fsp3) is 0.250. The molecule has 3 rings (SSSR count). The number of thiophene rings is 1. The van der Waals surface area contributed by atoms with Crippen LogP contribution in [-0.4, -0.2) is 36.3 Å². The molecule has 0 aliphatic heterocycles. The average molecular weight is 422 g/mol. The molecule has 0 saturated heterocycles. The molecule has 1 unspecified atom stereocenters. The van der Waals surface area contributed by atoms with Crippen LogP contribution in [0.2, 0.25) is 0 Å². The summed E-state index contributed by atoms with van der Waals surface area (Å²) in [6.45, 7) is 6.56. The fourth-order valence-electron chi connectivity index (χ4n) is 3.43. The van der Waals surface area contributed by atoms with Crippen molar-refractivity contribution in [1.29, 1.82) is 0 Å². The van der Waals surface area contributed by atoms with Crippen molar-refractivity contribution in [2.24, 2.45) is 0 Å². The van der Waals surface area contributed by atoms with Gasteiger partial charge in [-0.2, -0.15) is 0 Å². The molecule has 0 aliphatic rings. The number of likely N-dealkylation sites (N-methyl/N-ethyl adjacent to an activating group) is 1. The van der Waals surface area contributed by atoms with E-state index >= 15 is 0 Å². The van der Waals surface area contributed by atoms with Crippen molar-refractivity contribution in [3.05, 3.63) is 88.1 Å². The van der Waals surface area contributed by atoms with Gasteiger partial charge in [-0.25, -0.2) is 0 Å². The van der Waals surface area contributed by atoms with Crippen molar-refractivity contribution in [2.75, 3.05) is 25.0 Å². The number of carbonyl (C=O) groups is 2. The molecule has 1 aromatic heterocycles. The zero-order valence-electron chi connectivity index (χ0n) is 17.3. The molecule has 0 bridgehead atoms. The highest BCUT2D eigenvalue weighted by Gasteiger charge is 2.19. The Bertz CT molecular complexity index is 954. The summed E-state index contributed by atoms with van der Waals surface area (Å²) >= 11 is 1.38. The topological polar surface area (TPSA) is 61.4 Å². The second-order valence-corrected chi connectivity index (χ2v) is 7.82. The third kappa shape index (κ3) is 5.55. The predicted molar refractivity (Wildman–Crippen MR) is 123 cm³/mol. The summed E-state index contributed by atoms with van der Waals surface area (Å²) in [5.74, 6) is -0.330. The minimum atomic E-state index is -0.173. The van der Waals surface area contributed by atoms with Crippen LogP contribution in [0.3, 0.4) is 0 Å². The van der Waals surface area contributed by atoms with Crippen LogP contribution in [0, 0.1) is 0 Å². The van der Waals surface area contributed by atoms with E-state index in [2.05, 4.69) is 41.5 Å². The SMILES string of the molecule is CCN(CC)C(CNC(=O)c1cccc(NC(=O)c2cccs2)c1)c1ccccc1. The van der Waals surface area contributed by atoms with Gasteiger partial charge < -0.3 is 10.6 Å². The normalized spacial score (nSPS) is 11.8. The maximum atomic E-state index is 12.8. The van der Waals surface area contributed by atoms with Crippen molar-refractivity contribution >= 4 is 28.8 Å². The lowest BCUT2D eigenvalue weighted by molar-refractivity contribution is 0.0934. The van der Waals surface area contributed by atoms with Gasteiger partial charge in [-0.1, -0.05) is 56.3 Å². The zero-order valence-corrected chi connectivity index (χ0v) is 18.1. The molecule has 0 radical (unpaired) electrons. The predicted octanol–water partition coefficient (Wildman–Crippen LogP) is 4.81. The fourth-order valence-corrected chi connectivity index (χ4v) is 4.05. The Hall–Kier alpha value is -2.96. The molecule has 1 atom stereocenters. The average Bonchev–Trinajstić information content (AvgIpc) is 3.32. The number of hydrogen-bond donors (Lipinski definition) is 2. The third-order valence-corrected chi connectivity index (χ3v) is 5.89. The number of nitrogens with one attached hydrogen (secondary N) is 2. The third-order valence-electron chi connectivity index (χ3n) is 5.02. The lowest BCUT2D eigenvalue weighted by Gasteiger charge is -2.30. The first-order valence-electron chi connectivity index (χ1n) is 10.1. The summed E-state index contributed by atoms with van der Waals surface area (Å²) in [7, 11) is 0. The van der Waals surface area contributed by atoms with E-state index in [1.54, 1.807) is 30.3 Å². The van der Waals surface area contributed by atoms with Crippen LogP contribution in [-0.2, 0) is 0 Å². The van der Waals surface area contributed by atoms with Crippen LogP contribution in [0.25, 0.3) is 0 Å². The molecule has 0 fully saturated rings. The van der Waals surface area contributed by atoms with Gasteiger partial charge in [0.05, 0.1) is 10.9 Å². The Morgan fingerprint density at radius 1 is 0.933 bits per heavy atom. The molecule has 2 N–H and O–H groups in total. The summed E-state index contributed by atoms with van der Waals surface area (Å²) in [5, 5.41) is 7.77. The van der Waals surface area contributed by atoms with Gasteiger partial charge in [0.1, 0.15) is 0 Å². The van der Waals surface area contributed by atoms with Crippen molar-refractivity contribution in [2.45, 2.75) is 19.9 Å². The number of nitrogens with zero attached hydrogens (tertiary/aromatic N) is 1. The summed E-state index contributed by atoms with van der Waals surface area (Å²) in [5.41, 5.74) is 2.30. The van der Waals surface area contributed by atoms with Gasteiger partial charge in [0.2, 0.25) is 0 Å². The monoisotopic (exact) mass is 421 g/mol. The molecule has 0 saturated carbocycles. The highest BCUT2D eigenvalue weighted by atomic mass is 32.1. The van der Waals surface area contributed by atoms with Gasteiger partial charge in [0, 0.05) is 17.8 Å². The minimum Gasteiger partial charge on any atom is -0.350 e. The summed E-state index contributed by atoms with van der Waals surface area (Å²) in [6, 6.07) is 21.0. The van der Waals surface area contributed by atoms with E-state index in [1.807, 2.05) is 29.6 Å². The Balaban J connectivity index is 1.68. The maximum absolute atomic E-state index is 12.8. The van der Waals surface area contributed by atoms with Crippen molar-refractivity contribution in [3.8, 4) is 0 Å². The van der Waals surface area contributed by atoms with Crippen LogP contribution in [0.1, 0.15) is 45.5 Å². The molecule has 156 valence electrons. The lowest BCUT2D eigenvalue weighted by atomic mass is 10.0. The van der Waals surface area contributed by atoms with E-state index in [9.17, 15) is 9.59 Å². The van der Waals surface area contributed by atoms with E-state index < -0.39 is 0 Å². The molecule has 30 heavy (non-hydrogen) atoms. The van der Waals surface area contributed by atoms with E-state index in [0.717, 1.165) is 13.1 Å². The Kier molecular flexibility index (Phi) is 7.76. The van der Waals surface area contributed by atoms with E-state index in [1.165, 1.54) is 16.9 Å². The lowest BCUT2D eigenvalue weighted by Crippen LogP contribution is -2.38. The first-order chi connectivity index (χ1) is 14.6. The summed E-state index contributed by atoms with van der Waals surface area (Å²) < 4.78 is 0. The van der Waals surface area contributed by atoms with Crippen molar-refractivity contribution in [1.82, 2.24) is 10.2 Å². The number of hydrogen-bond acceptors (Lipinski definition) is 4. The van der Waals surface area contributed by atoms with Crippen LogP contribution < -0.4 is 10.6 Å². The van der Waals surface area contributed by atoms with Crippen molar-refractivity contribution in [3.63, 3.8) is 0 Å². The Morgan fingerprint density at radius 3 is 2.37 bits per heavy atom. The highest BCUT2D eigenvalue weighted by molar-refractivity contribution is 7.12. The molecule has 2 aromatic carbocycles. The molecule has 2 amide bonds. The highest BCUT2D eigenvalue weighted by Crippen LogP contribution is 2.20. The van der Waals surface area contributed by atoms with Gasteiger partial charge in [0.15, 0.2) is 0 Å². The zero-order chi connectivity index (χ0) is 21.3. The van der Waals surface area contributed by atoms with Crippen LogP contribution in [0.5, 0.6) is 0 Å². The van der Waals surface area contributed by atoms with Gasteiger partial charge in [0.25, 0.3) is 11.8 Å².